The molecule has 0 atom stereocenters. The Morgan fingerprint density at radius 3 is 2.87 bits per heavy atom. The highest BCUT2D eigenvalue weighted by atomic mass is 16.3. The summed E-state index contributed by atoms with van der Waals surface area (Å²) in [4.78, 5) is 6.20. The van der Waals surface area contributed by atoms with Crippen LogP contribution in [-0.2, 0) is 6.54 Å². The molecule has 0 unspecified atom stereocenters. The summed E-state index contributed by atoms with van der Waals surface area (Å²) >= 11 is 0. The molecule has 4 nitrogen and oxygen atoms in total. The highest BCUT2D eigenvalue weighted by molar-refractivity contribution is 5.77. The van der Waals surface area contributed by atoms with Crippen molar-refractivity contribution in [1.29, 1.82) is 0 Å². The molecule has 0 spiro atoms. The summed E-state index contributed by atoms with van der Waals surface area (Å²) in [6.07, 6.45) is 3.37. The van der Waals surface area contributed by atoms with Crippen LogP contribution < -0.4 is 5.73 Å². The zero-order valence-corrected chi connectivity index (χ0v) is 9.60. The van der Waals surface area contributed by atoms with Crippen LogP contribution in [0.3, 0.4) is 0 Å². The minimum atomic E-state index is 0.533. The fourth-order valence-electron chi connectivity index (χ4n) is 1.13. The molecular weight excluding hydrogens is 190 g/mol. The van der Waals surface area contributed by atoms with E-state index in [1.54, 1.807) is 12.5 Å². The lowest BCUT2D eigenvalue weighted by molar-refractivity contribution is 0.482. The van der Waals surface area contributed by atoms with Gasteiger partial charge in [-0.3, -0.25) is 4.99 Å². The van der Waals surface area contributed by atoms with Crippen LogP contribution in [0.4, 0.5) is 0 Å². The molecule has 0 aliphatic heterocycles. The fraction of sp³-hybridized carbons (Fsp3) is 0.545. The fourth-order valence-corrected chi connectivity index (χ4v) is 1.13. The first-order valence-corrected chi connectivity index (χ1v) is 5.11. The Hall–Kier alpha value is -1.45. The zero-order valence-electron chi connectivity index (χ0n) is 9.60. The highest BCUT2D eigenvalue weighted by Gasteiger charge is 2.03. The Kier molecular flexibility index (Phi) is 4.21. The molecule has 15 heavy (non-hydrogen) atoms. The number of hydrogen-bond donors (Lipinski definition) is 1. The summed E-state index contributed by atoms with van der Waals surface area (Å²) in [6, 6.07) is 1.92. The molecule has 0 saturated carbocycles. The summed E-state index contributed by atoms with van der Waals surface area (Å²) in [6.45, 7) is 5.73. The van der Waals surface area contributed by atoms with Gasteiger partial charge in [-0.2, -0.15) is 0 Å². The Morgan fingerprint density at radius 2 is 2.33 bits per heavy atom. The van der Waals surface area contributed by atoms with Gasteiger partial charge in [0.2, 0.25) is 0 Å². The standard InChI is InChI=1S/C11H19N3O/c1-9(2)6-13-11(12)14(3)7-10-4-5-15-8-10/h4-5,8-9H,6-7H2,1-3H3,(H2,12,13). The molecule has 84 valence electrons. The average molecular weight is 209 g/mol. The van der Waals surface area contributed by atoms with Gasteiger partial charge < -0.3 is 15.1 Å². The van der Waals surface area contributed by atoms with Gasteiger partial charge in [-0.05, 0) is 12.0 Å². The predicted octanol–water partition coefficient (Wildman–Crippen LogP) is 1.68. The van der Waals surface area contributed by atoms with E-state index in [0.29, 0.717) is 11.9 Å². The minimum Gasteiger partial charge on any atom is -0.472 e. The van der Waals surface area contributed by atoms with E-state index in [0.717, 1.165) is 18.7 Å². The van der Waals surface area contributed by atoms with Crippen LogP contribution in [0.1, 0.15) is 19.4 Å². The Labute approximate surface area is 90.8 Å². The van der Waals surface area contributed by atoms with E-state index >= 15 is 0 Å². The average Bonchev–Trinajstić information content (AvgIpc) is 2.66. The molecule has 0 aliphatic carbocycles. The van der Waals surface area contributed by atoms with Gasteiger partial charge in [0, 0.05) is 25.7 Å². The predicted molar refractivity (Wildman–Crippen MR) is 61.5 cm³/mol. The van der Waals surface area contributed by atoms with Crippen LogP contribution in [0.15, 0.2) is 28.0 Å². The Morgan fingerprint density at radius 1 is 1.60 bits per heavy atom. The third-order valence-electron chi connectivity index (χ3n) is 2.01. The van der Waals surface area contributed by atoms with Gasteiger partial charge >= 0.3 is 0 Å². The molecule has 0 aromatic carbocycles. The van der Waals surface area contributed by atoms with E-state index in [2.05, 4.69) is 18.8 Å². The maximum atomic E-state index is 5.83. The van der Waals surface area contributed by atoms with Crippen molar-refractivity contribution >= 4 is 5.96 Å². The van der Waals surface area contributed by atoms with Crippen molar-refractivity contribution in [3.63, 3.8) is 0 Å². The van der Waals surface area contributed by atoms with Crippen molar-refractivity contribution in [2.45, 2.75) is 20.4 Å². The smallest absolute Gasteiger partial charge is 0.191 e. The molecule has 1 aromatic heterocycles. The maximum Gasteiger partial charge on any atom is 0.191 e. The van der Waals surface area contributed by atoms with Gasteiger partial charge in [-0.15, -0.1) is 0 Å². The Balaban J connectivity index is 2.46. The lowest BCUT2D eigenvalue weighted by Gasteiger charge is -2.17. The number of aliphatic imine (C=N–C) groups is 1. The minimum absolute atomic E-state index is 0.533. The first-order valence-electron chi connectivity index (χ1n) is 5.11. The number of furan rings is 1. The number of hydrogen-bond acceptors (Lipinski definition) is 2. The van der Waals surface area contributed by atoms with Gasteiger partial charge in [0.25, 0.3) is 0 Å². The molecule has 0 fully saturated rings. The molecule has 0 bridgehead atoms. The number of nitrogens with zero attached hydrogens (tertiary/aromatic N) is 2. The summed E-state index contributed by atoms with van der Waals surface area (Å²) < 4.78 is 4.99. The van der Waals surface area contributed by atoms with Crippen molar-refractivity contribution in [2.75, 3.05) is 13.6 Å². The first kappa shape index (κ1) is 11.6. The van der Waals surface area contributed by atoms with Crippen LogP contribution >= 0.6 is 0 Å². The van der Waals surface area contributed by atoms with Gasteiger partial charge in [-0.1, -0.05) is 13.8 Å². The largest absolute Gasteiger partial charge is 0.472 e. The number of nitrogens with two attached hydrogens (primary N) is 1. The van der Waals surface area contributed by atoms with Crippen LogP contribution in [0.2, 0.25) is 0 Å². The molecule has 1 rings (SSSR count). The van der Waals surface area contributed by atoms with Crippen molar-refractivity contribution in [3.05, 3.63) is 24.2 Å². The van der Waals surface area contributed by atoms with Crippen LogP contribution in [0.5, 0.6) is 0 Å². The van der Waals surface area contributed by atoms with E-state index in [9.17, 15) is 0 Å². The molecular formula is C11H19N3O. The van der Waals surface area contributed by atoms with Crippen molar-refractivity contribution in [2.24, 2.45) is 16.6 Å². The van der Waals surface area contributed by atoms with E-state index in [-0.39, 0.29) is 0 Å². The van der Waals surface area contributed by atoms with Crippen molar-refractivity contribution in [1.82, 2.24) is 4.90 Å². The first-order chi connectivity index (χ1) is 7.09. The van der Waals surface area contributed by atoms with E-state index in [1.807, 2.05) is 18.0 Å². The van der Waals surface area contributed by atoms with Crippen LogP contribution in [0, 0.1) is 5.92 Å². The normalized spacial score (nSPS) is 12.1. The van der Waals surface area contributed by atoms with E-state index in [1.165, 1.54) is 0 Å². The summed E-state index contributed by atoms with van der Waals surface area (Å²) in [5.41, 5.74) is 6.92. The lowest BCUT2D eigenvalue weighted by Crippen LogP contribution is -2.33. The van der Waals surface area contributed by atoms with E-state index in [4.69, 9.17) is 10.2 Å². The summed E-state index contributed by atoms with van der Waals surface area (Å²) in [7, 11) is 1.92. The number of guanidine groups is 1. The molecule has 1 heterocycles. The monoisotopic (exact) mass is 209 g/mol. The third-order valence-corrected chi connectivity index (χ3v) is 2.01. The Bertz CT molecular complexity index is 304. The molecule has 0 amide bonds. The number of rotatable bonds is 4. The van der Waals surface area contributed by atoms with Gasteiger partial charge in [0.15, 0.2) is 5.96 Å². The molecule has 0 saturated heterocycles. The van der Waals surface area contributed by atoms with Gasteiger partial charge in [0.05, 0.1) is 12.5 Å². The SMILES string of the molecule is CC(C)CN=C(N)N(C)Cc1ccoc1. The topological polar surface area (TPSA) is 54.8 Å². The van der Waals surface area contributed by atoms with E-state index < -0.39 is 0 Å². The molecule has 2 N–H and O–H groups in total. The van der Waals surface area contributed by atoms with Gasteiger partial charge in [0.1, 0.15) is 0 Å². The second kappa shape index (κ2) is 5.44. The van der Waals surface area contributed by atoms with Crippen molar-refractivity contribution < 1.29 is 4.42 Å². The molecule has 0 aliphatic rings. The second-order valence-corrected chi connectivity index (χ2v) is 4.08. The molecule has 0 radical (unpaired) electrons. The summed E-state index contributed by atoms with van der Waals surface area (Å²) in [5.74, 6) is 1.11. The molecule has 1 aromatic rings. The zero-order chi connectivity index (χ0) is 11.3. The van der Waals surface area contributed by atoms with Crippen molar-refractivity contribution in [3.8, 4) is 0 Å². The highest BCUT2D eigenvalue weighted by Crippen LogP contribution is 2.03. The summed E-state index contributed by atoms with van der Waals surface area (Å²) in [5, 5.41) is 0. The van der Waals surface area contributed by atoms with Crippen LogP contribution in [0.25, 0.3) is 0 Å². The van der Waals surface area contributed by atoms with Gasteiger partial charge in [-0.25, -0.2) is 0 Å². The third kappa shape index (κ3) is 4.06. The quantitative estimate of drug-likeness (QED) is 0.606. The van der Waals surface area contributed by atoms with Crippen LogP contribution in [-0.4, -0.2) is 24.5 Å². The second-order valence-electron chi connectivity index (χ2n) is 4.08. The maximum absolute atomic E-state index is 5.83. The molecule has 4 heteroatoms. The lowest BCUT2D eigenvalue weighted by atomic mass is 10.2.